The van der Waals surface area contributed by atoms with Gasteiger partial charge in [0.1, 0.15) is 11.9 Å². The van der Waals surface area contributed by atoms with Crippen LogP contribution in [0.5, 0.6) is 0 Å². The van der Waals surface area contributed by atoms with E-state index in [4.69, 9.17) is 14.9 Å². The molecule has 140 valence electrons. The van der Waals surface area contributed by atoms with E-state index in [1.54, 1.807) is 0 Å². The number of rotatable bonds is 2. The minimum absolute atomic E-state index is 0.0545. The summed E-state index contributed by atoms with van der Waals surface area (Å²) in [5.41, 5.74) is -0.920. The normalized spacial score (nSPS) is 40.8. The van der Waals surface area contributed by atoms with Gasteiger partial charge in [0, 0.05) is 6.42 Å². The maximum Gasteiger partial charge on any atom is 0.218 e. The van der Waals surface area contributed by atoms with E-state index in [-0.39, 0.29) is 17.7 Å². The van der Waals surface area contributed by atoms with Crippen LogP contribution in [-0.4, -0.2) is 23.6 Å². The number of nitriles is 2. The number of hydrogen-bond donors (Lipinski definition) is 1. The number of amidine groups is 1. The van der Waals surface area contributed by atoms with E-state index in [1.807, 2.05) is 43.3 Å². The van der Waals surface area contributed by atoms with Crippen molar-refractivity contribution in [3.8, 4) is 12.1 Å². The van der Waals surface area contributed by atoms with Crippen LogP contribution in [0.2, 0.25) is 0 Å². The monoisotopic (exact) mass is 372 g/mol. The Hall–Kier alpha value is -2.96. The number of fused-ring (bicyclic) bond motifs is 1. The highest BCUT2D eigenvalue weighted by atomic mass is 16.7. The SMILES string of the molecule is CC(=Cc1ccccc1)C1OC23CCCCC2C2(C#N)C(=N)N=C(O3)C12C#N. The molecule has 3 saturated heterocycles. The number of benzene rings is 1. The first-order valence-electron chi connectivity index (χ1n) is 9.65. The summed E-state index contributed by atoms with van der Waals surface area (Å²) in [6.45, 7) is 1.92. The van der Waals surface area contributed by atoms with Crippen LogP contribution >= 0.6 is 0 Å². The molecule has 6 rings (SSSR count). The zero-order valence-corrected chi connectivity index (χ0v) is 15.6. The molecule has 0 radical (unpaired) electrons. The predicted molar refractivity (Wildman–Crippen MR) is 102 cm³/mol. The molecule has 28 heavy (non-hydrogen) atoms. The van der Waals surface area contributed by atoms with Crippen LogP contribution in [0, 0.1) is 44.8 Å². The average Bonchev–Trinajstić information content (AvgIpc) is 2.91. The number of nitrogens with one attached hydrogen (secondary N) is 1. The minimum atomic E-state index is -1.42. The molecule has 6 heteroatoms. The van der Waals surface area contributed by atoms with Gasteiger partial charge in [0.05, 0.1) is 18.1 Å². The molecule has 1 aliphatic carbocycles. The van der Waals surface area contributed by atoms with Crippen molar-refractivity contribution in [2.45, 2.75) is 44.5 Å². The summed E-state index contributed by atoms with van der Waals surface area (Å²) in [5.74, 6) is -1.20. The van der Waals surface area contributed by atoms with Crippen molar-refractivity contribution in [3.63, 3.8) is 0 Å². The third-order valence-electron chi connectivity index (χ3n) is 6.81. The Kier molecular flexibility index (Phi) is 3.39. The molecule has 1 saturated carbocycles. The van der Waals surface area contributed by atoms with Crippen LogP contribution in [0.3, 0.4) is 0 Å². The van der Waals surface area contributed by atoms with Crippen LogP contribution in [0.1, 0.15) is 38.2 Å². The van der Waals surface area contributed by atoms with Gasteiger partial charge in [-0.05, 0) is 30.9 Å². The Morgan fingerprint density at radius 2 is 1.96 bits per heavy atom. The summed E-state index contributed by atoms with van der Waals surface area (Å²) in [6, 6.07) is 14.5. The second-order valence-electron chi connectivity index (χ2n) is 8.11. The second-order valence-corrected chi connectivity index (χ2v) is 8.11. The fourth-order valence-electron chi connectivity index (χ4n) is 5.63. The molecule has 5 aliphatic rings. The first-order valence-corrected chi connectivity index (χ1v) is 9.65. The fourth-order valence-corrected chi connectivity index (χ4v) is 5.63. The fraction of sp³-hybridized carbons (Fsp3) is 0.455. The molecule has 1 aromatic rings. The van der Waals surface area contributed by atoms with Crippen molar-refractivity contribution in [1.29, 1.82) is 15.9 Å². The Balaban J connectivity index is 1.73. The molecule has 4 aliphatic heterocycles. The summed E-state index contributed by atoms with van der Waals surface area (Å²) in [4.78, 5) is 4.30. The highest BCUT2D eigenvalue weighted by molar-refractivity contribution is 6.13. The topological polar surface area (TPSA) is 102 Å². The van der Waals surface area contributed by atoms with Gasteiger partial charge in [0.2, 0.25) is 11.7 Å². The van der Waals surface area contributed by atoms with E-state index >= 15 is 0 Å². The summed E-state index contributed by atoms with van der Waals surface area (Å²) in [7, 11) is 0. The molecule has 4 fully saturated rings. The van der Waals surface area contributed by atoms with Gasteiger partial charge < -0.3 is 9.47 Å². The van der Waals surface area contributed by atoms with Gasteiger partial charge in [-0.25, -0.2) is 0 Å². The number of ether oxygens (including phenoxy) is 2. The summed E-state index contributed by atoms with van der Waals surface area (Å²) in [5, 5.41) is 29.3. The molecule has 1 aromatic carbocycles. The third-order valence-corrected chi connectivity index (χ3v) is 6.81. The smallest absolute Gasteiger partial charge is 0.218 e. The molecule has 0 amide bonds. The molecule has 5 unspecified atom stereocenters. The van der Waals surface area contributed by atoms with Crippen molar-refractivity contribution in [2.75, 3.05) is 0 Å². The van der Waals surface area contributed by atoms with E-state index in [0.717, 1.165) is 24.0 Å². The molecular formula is C22H20N4O2. The average molecular weight is 372 g/mol. The van der Waals surface area contributed by atoms with Gasteiger partial charge in [0.25, 0.3) is 0 Å². The lowest BCUT2D eigenvalue weighted by atomic mass is 9.48. The van der Waals surface area contributed by atoms with Crippen molar-refractivity contribution < 1.29 is 9.47 Å². The van der Waals surface area contributed by atoms with E-state index in [1.165, 1.54) is 0 Å². The van der Waals surface area contributed by atoms with Crippen LogP contribution in [0.15, 0.2) is 40.9 Å². The summed E-state index contributed by atoms with van der Waals surface area (Å²) < 4.78 is 12.7. The summed E-state index contributed by atoms with van der Waals surface area (Å²) in [6.07, 6.45) is 4.48. The van der Waals surface area contributed by atoms with Crippen molar-refractivity contribution >= 4 is 17.8 Å². The minimum Gasteiger partial charge on any atom is -0.447 e. The maximum atomic E-state index is 10.4. The highest BCUT2D eigenvalue weighted by Gasteiger charge is 2.83. The zero-order chi connectivity index (χ0) is 19.6. The number of aliphatic imine (C=N–C) groups is 1. The van der Waals surface area contributed by atoms with Gasteiger partial charge in [-0.2, -0.15) is 15.5 Å². The second kappa shape index (κ2) is 5.53. The van der Waals surface area contributed by atoms with E-state index in [0.29, 0.717) is 12.8 Å². The summed E-state index contributed by atoms with van der Waals surface area (Å²) >= 11 is 0. The highest BCUT2D eigenvalue weighted by Crippen LogP contribution is 2.69. The maximum absolute atomic E-state index is 10.4. The molecular weight excluding hydrogens is 352 g/mol. The largest absolute Gasteiger partial charge is 0.447 e. The molecule has 5 atom stereocenters. The van der Waals surface area contributed by atoms with Crippen LogP contribution in [0.4, 0.5) is 0 Å². The Morgan fingerprint density at radius 1 is 1.21 bits per heavy atom. The molecule has 1 N–H and O–H groups in total. The van der Waals surface area contributed by atoms with Gasteiger partial charge in [-0.3, -0.25) is 5.41 Å². The van der Waals surface area contributed by atoms with E-state index < -0.39 is 22.7 Å². The standard InChI is InChI=1S/C22H20N4O2/c1-14(11-15-7-3-2-4-8-15)17-21(13-24)19-26-18(25)20(21,12-23)16-9-5-6-10-22(16,27-17)28-19/h2-4,7-8,11,16-17,25H,5-6,9-10H2,1H3. The predicted octanol–water partition coefficient (Wildman–Crippen LogP) is 3.81. The zero-order valence-electron chi connectivity index (χ0n) is 15.6. The third kappa shape index (κ3) is 1.75. The first kappa shape index (κ1) is 17.2. The Bertz CT molecular complexity index is 1020. The molecule has 0 aromatic heterocycles. The molecule has 1 spiro atoms. The van der Waals surface area contributed by atoms with Crippen LogP contribution < -0.4 is 0 Å². The van der Waals surface area contributed by atoms with Crippen molar-refractivity contribution in [1.82, 2.24) is 0 Å². The molecule has 4 heterocycles. The van der Waals surface area contributed by atoms with Gasteiger partial charge in [-0.1, -0.05) is 42.8 Å². The van der Waals surface area contributed by atoms with Gasteiger partial charge in [0.15, 0.2) is 10.8 Å². The first-order chi connectivity index (χ1) is 13.5. The van der Waals surface area contributed by atoms with Crippen LogP contribution in [0.25, 0.3) is 6.08 Å². The van der Waals surface area contributed by atoms with E-state index in [2.05, 4.69) is 17.1 Å². The quantitative estimate of drug-likeness (QED) is 0.852. The molecule has 4 bridgehead atoms. The van der Waals surface area contributed by atoms with Crippen molar-refractivity contribution in [2.24, 2.45) is 21.7 Å². The lowest BCUT2D eigenvalue weighted by Gasteiger charge is -2.63. The van der Waals surface area contributed by atoms with Gasteiger partial charge in [-0.15, -0.1) is 0 Å². The lowest BCUT2D eigenvalue weighted by Crippen LogP contribution is -2.75. The van der Waals surface area contributed by atoms with Crippen LogP contribution in [-0.2, 0) is 9.47 Å². The van der Waals surface area contributed by atoms with E-state index in [9.17, 15) is 10.5 Å². The number of nitrogens with zero attached hydrogens (tertiary/aromatic N) is 3. The Labute approximate surface area is 163 Å². The van der Waals surface area contributed by atoms with Gasteiger partial charge >= 0.3 is 0 Å². The number of hydrogen-bond acceptors (Lipinski definition) is 5. The lowest BCUT2D eigenvalue weighted by molar-refractivity contribution is -0.344. The Morgan fingerprint density at radius 3 is 2.68 bits per heavy atom. The van der Waals surface area contributed by atoms with Crippen molar-refractivity contribution in [3.05, 3.63) is 41.5 Å². The molecule has 6 nitrogen and oxygen atoms in total.